The van der Waals surface area contributed by atoms with Crippen LogP contribution < -0.4 is 9.47 Å². The fourth-order valence-corrected chi connectivity index (χ4v) is 3.86. The molecule has 2 rings (SSSR count). The molecule has 156 valence electrons. The van der Waals surface area contributed by atoms with E-state index < -0.39 is 0 Å². The maximum atomic E-state index is 6.24. The smallest absolute Gasteiger partial charge is 0.123 e. The van der Waals surface area contributed by atoms with Crippen LogP contribution in [-0.4, -0.2) is 12.2 Å². The highest BCUT2D eigenvalue weighted by Crippen LogP contribution is 2.38. The highest BCUT2D eigenvalue weighted by molar-refractivity contribution is 5.92. The molecule has 0 radical (unpaired) electrons. The zero-order valence-corrected chi connectivity index (χ0v) is 18.9. The third-order valence-corrected chi connectivity index (χ3v) is 5.10. The third-order valence-electron chi connectivity index (χ3n) is 5.10. The predicted molar refractivity (Wildman–Crippen MR) is 122 cm³/mol. The summed E-state index contributed by atoms with van der Waals surface area (Å²) < 4.78 is 12.5. The zero-order chi connectivity index (χ0) is 20.5. The molecule has 0 aliphatic carbocycles. The van der Waals surface area contributed by atoms with E-state index in [4.69, 9.17) is 9.47 Å². The van der Waals surface area contributed by atoms with Crippen LogP contribution in [0.25, 0.3) is 10.8 Å². The molecule has 0 spiro atoms. The van der Waals surface area contributed by atoms with E-state index in [0.29, 0.717) is 0 Å². The fraction of sp³-hybridized carbons (Fsp3) is 0.615. The SMILES string of the molecule is CCCCCc1c(OC(C)C)ccc2ccc(OC(C)C)c(CCCCC)c12. The summed E-state index contributed by atoms with van der Waals surface area (Å²) in [5, 5.41) is 2.69. The van der Waals surface area contributed by atoms with Gasteiger partial charge in [0.2, 0.25) is 0 Å². The normalized spacial score (nSPS) is 11.6. The van der Waals surface area contributed by atoms with Gasteiger partial charge in [0.25, 0.3) is 0 Å². The molecule has 0 bridgehead atoms. The summed E-state index contributed by atoms with van der Waals surface area (Å²) in [6.07, 6.45) is 9.88. The van der Waals surface area contributed by atoms with E-state index in [0.717, 1.165) is 24.3 Å². The Hall–Kier alpha value is -1.70. The fourth-order valence-electron chi connectivity index (χ4n) is 3.86. The second kappa shape index (κ2) is 11.3. The zero-order valence-electron chi connectivity index (χ0n) is 18.9. The van der Waals surface area contributed by atoms with Crippen LogP contribution in [0.1, 0.15) is 91.2 Å². The Morgan fingerprint density at radius 1 is 0.643 bits per heavy atom. The Morgan fingerprint density at radius 3 is 1.43 bits per heavy atom. The Kier molecular flexibility index (Phi) is 9.15. The molecule has 0 unspecified atom stereocenters. The second-order valence-corrected chi connectivity index (χ2v) is 8.43. The van der Waals surface area contributed by atoms with Crippen LogP contribution in [0.4, 0.5) is 0 Å². The minimum atomic E-state index is 0.181. The van der Waals surface area contributed by atoms with Gasteiger partial charge in [-0.15, -0.1) is 0 Å². The summed E-state index contributed by atoms with van der Waals surface area (Å²) in [7, 11) is 0. The molecule has 28 heavy (non-hydrogen) atoms. The minimum Gasteiger partial charge on any atom is -0.491 e. The van der Waals surface area contributed by atoms with E-state index in [-0.39, 0.29) is 12.2 Å². The molecule has 0 heterocycles. The van der Waals surface area contributed by atoms with Crippen molar-refractivity contribution in [3.63, 3.8) is 0 Å². The first kappa shape index (κ1) is 22.6. The number of hydrogen-bond acceptors (Lipinski definition) is 2. The highest BCUT2D eigenvalue weighted by atomic mass is 16.5. The molecule has 0 atom stereocenters. The van der Waals surface area contributed by atoms with Crippen molar-refractivity contribution in [2.75, 3.05) is 0 Å². The summed E-state index contributed by atoms with van der Waals surface area (Å²) in [5.41, 5.74) is 2.75. The van der Waals surface area contributed by atoms with Crippen LogP contribution in [0.5, 0.6) is 11.5 Å². The molecule has 0 aliphatic heterocycles. The molecule has 0 amide bonds. The number of ether oxygens (including phenoxy) is 2. The molecular formula is C26H40O2. The molecule has 2 heteroatoms. The molecule has 2 aromatic rings. The molecule has 0 saturated heterocycles. The number of unbranched alkanes of at least 4 members (excludes halogenated alkanes) is 4. The standard InChI is InChI=1S/C26H40O2/c1-7-9-11-13-22-24(27-19(3)4)17-15-21-16-18-25(28-20(5)6)23(26(21)22)14-12-10-8-2/h15-20H,7-14H2,1-6H3. The minimum absolute atomic E-state index is 0.181. The van der Waals surface area contributed by atoms with Gasteiger partial charge in [-0.1, -0.05) is 51.7 Å². The lowest BCUT2D eigenvalue weighted by molar-refractivity contribution is 0.239. The maximum absolute atomic E-state index is 6.24. The average Bonchev–Trinajstić information content (AvgIpc) is 2.64. The summed E-state index contributed by atoms with van der Waals surface area (Å²) in [4.78, 5) is 0. The molecule has 0 aromatic heterocycles. The summed E-state index contributed by atoms with van der Waals surface area (Å²) in [5.74, 6) is 2.11. The first-order chi connectivity index (χ1) is 13.5. The monoisotopic (exact) mass is 384 g/mol. The molecule has 0 fully saturated rings. The Balaban J connectivity index is 2.62. The van der Waals surface area contributed by atoms with Crippen molar-refractivity contribution in [1.82, 2.24) is 0 Å². The van der Waals surface area contributed by atoms with Crippen molar-refractivity contribution in [1.29, 1.82) is 0 Å². The number of benzene rings is 2. The third kappa shape index (κ3) is 6.15. The Labute approximate surface area is 172 Å². The van der Waals surface area contributed by atoms with Gasteiger partial charge in [0.1, 0.15) is 11.5 Å². The van der Waals surface area contributed by atoms with Gasteiger partial charge < -0.3 is 9.47 Å². The largest absolute Gasteiger partial charge is 0.491 e. The Morgan fingerprint density at radius 2 is 1.07 bits per heavy atom. The lowest BCUT2D eigenvalue weighted by Gasteiger charge is -2.21. The van der Waals surface area contributed by atoms with E-state index in [1.165, 1.54) is 60.4 Å². The molecule has 2 aromatic carbocycles. The van der Waals surface area contributed by atoms with Crippen molar-refractivity contribution in [3.05, 3.63) is 35.4 Å². The molecule has 2 nitrogen and oxygen atoms in total. The molecule has 0 saturated carbocycles. The van der Waals surface area contributed by atoms with Crippen LogP contribution in [0.2, 0.25) is 0 Å². The topological polar surface area (TPSA) is 18.5 Å². The number of rotatable bonds is 12. The van der Waals surface area contributed by atoms with Gasteiger partial charge in [-0.2, -0.15) is 0 Å². The summed E-state index contributed by atoms with van der Waals surface area (Å²) in [6, 6.07) is 8.78. The first-order valence-electron chi connectivity index (χ1n) is 11.4. The second-order valence-electron chi connectivity index (χ2n) is 8.43. The van der Waals surface area contributed by atoms with Gasteiger partial charge in [-0.25, -0.2) is 0 Å². The van der Waals surface area contributed by atoms with E-state index in [1.807, 2.05) is 0 Å². The molecular weight excluding hydrogens is 344 g/mol. The van der Waals surface area contributed by atoms with Gasteiger partial charge in [-0.05, 0) is 76.3 Å². The van der Waals surface area contributed by atoms with E-state index in [1.54, 1.807) is 0 Å². The molecule has 0 aliphatic rings. The number of hydrogen-bond donors (Lipinski definition) is 0. The van der Waals surface area contributed by atoms with Crippen LogP contribution >= 0.6 is 0 Å². The van der Waals surface area contributed by atoms with E-state index >= 15 is 0 Å². The van der Waals surface area contributed by atoms with Crippen molar-refractivity contribution < 1.29 is 9.47 Å². The van der Waals surface area contributed by atoms with Gasteiger partial charge >= 0.3 is 0 Å². The van der Waals surface area contributed by atoms with Gasteiger partial charge in [0.05, 0.1) is 12.2 Å². The van der Waals surface area contributed by atoms with E-state index in [9.17, 15) is 0 Å². The average molecular weight is 385 g/mol. The van der Waals surface area contributed by atoms with Gasteiger partial charge in [0, 0.05) is 11.1 Å². The quantitative estimate of drug-likeness (QED) is 0.346. The van der Waals surface area contributed by atoms with Crippen LogP contribution in [-0.2, 0) is 12.8 Å². The van der Waals surface area contributed by atoms with E-state index in [2.05, 4.69) is 65.8 Å². The van der Waals surface area contributed by atoms with Crippen molar-refractivity contribution >= 4 is 10.8 Å². The predicted octanol–water partition coefficient (Wildman–Crippen LogP) is 7.88. The van der Waals surface area contributed by atoms with Gasteiger partial charge in [-0.3, -0.25) is 0 Å². The first-order valence-corrected chi connectivity index (χ1v) is 11.4. The maximum Gasteiger partial charge on any atom is 0.123 e. The number of aryl methyl sites for hydroxylation is 2. The lowest BCUT2D eigenvalue weighted by atomic mass is 9.91. The van der Waals surface area contributed by atoms with Crippen molar-refractivity contribution in [2.24, 2.45) is 0 Å². The highest BCUT2D eigenvalue weighted by Gasteiger charge is 2.17. The summed E-state index contributed by atoms with van der Waals surface area (Å²) in [6.45, 7) is 13.0. The lowest BCUT2D eigenvalue weighted by Crippen LogP contribution is -2.10. The summed E-state index contributed by atoms with van der Waals surface area (Å²) >= 11 is 0. The molecule has 0 N–H and O–H groups in total. The van der Waals surface area contributed by atoms with Crippen LogP contribution in [0.15, 0.2) is 24.3 Å². The van der Waals surface area contributed by atoms with Crippen molar-refractivity contribution in [2.45, 2.75) is 105 Å². The van der Waals surface area contributed by atoms with Crippen molar-refractivity contribution in [3.8, 4) is 11.5 Å². The van der Waals surface area contributed by atoms with Crippen LogP contribution in [0.3, 0.4) is 0 Å². The number of fused-ring (bicyclic) bond motifs is 1. The Bertz CT molecular complexity index is 672. The van der Waals surface area contributed by atoms with Gasteiger partial charge in [0.15, 0.2) is 0 Å². The van der Waals surface area contributed by atoms with Crippen LogP contribution in [0, 0.1) is 0 Å².